The minimum Gasteiger partial charge on any atom is -0.349 e. The van der Waals surface area contributed by atoms with Crippen molar-refractivity contribution in [2.24, 2.45) is 5.41 Å². The second kappa shape index (κ2) is 5.67. The highest BCUT2D eigenvalue weighted by Gasteiger charge is 2.61. The molecule has 21 heavy (non-hydrogen) atoms. The predicted octanol–water partition coefficient (Wildman–Crippen LogP) is 2.71. The van der Waals surface area contributed by atoms with Crippen LogP contribution < -0.4 is 10.6 Å². The van der Waals surface area contributed by atoms with Crippen LogP contribution in [-0.4, -0.2) is 25.2 Å². The molecule has 0 aliphatic carbocycles. The van der Waals surface area contributed by atoms with Crippen molar-refractivity contribution in [2.45, 2.75) is 32.5 Å². The monoisotopic (exact) mass is 300 g/mol. The Balaban J connectivity index is 2.14. The van der Waals surface area contributed by atoms with E-state index in [2.05, 4.69) is 10.6 Å². The lowest BCUT2D eigenvalue weighted by atomic mass is 9.84. The molecule has 2 unspecified atom stereocenters. The topological polar surface area (TPSA) is 41.1 Å². The van der Waals surface area contributed by atoms with Crippen molar-refractivity contribution in [1.29, 1.82) is 0 Å². The molecule has 1 fully saturated rings. The maximum absolute atomic E-state index is 13.3. The molecular weight excluding hydrogens is 281 g/mol. The third-order valence-corrected chi connectivity index (χ3v) is 4.06. The summed E-state index contributed by atoms with van der Waals surface area (Å²) in [5.41, 5.74) is -0.465. The van der Waals surface area contributed by atoms with Crippen molar-refractivity contribution >= 4 is 5.91 Å². The van der Waals surface area contributed by atoms with Gasteiger partial charge in [-0.05, 0) is 32.4 Å². The van der Waals surface area contributed by atoms with Crippen LogP contribution in [0.15, 0.2) is 24.3 Å². The van der Waals surface area contributed by atoms with Gasteiger partial charge in [0.25, 0.3) is 0 Å². The van der Waals surface area contributed by atoms with Gasteiger partial charge in [-0.2, -0.15) is 13.2 Å². The van der Waals surface area contributed by atoms with Gasteiger partial charge in [0.15, 0.2) is 5.41 Å². The second-order valence-electron chi connectivity index (χ2n) is 5.61. The molecule has 1 amide bonds. The summed E-state index contributed by atoms with van der Waals surface area (Å²) < 4.78 is 39.8. The Labute approximate surface area is 121 Å². The predicted molar refractivity (Wildman–Crippen MR) is 73.7 cm³/mol. The summed E-state index contributed by atoms with van der Waals surface area (Å²) in [7, 11) is 0. The average Bonchev–Trinajstić information content (AvgIpc) is 2.89. The van der Waals surface area contributed by atoms with E-state index in [1.807, 2.05) is 31.2 Å². The molecule has 2 N–H and O–H groups in total. The van der Waals surface area contributed by atoms with Gasteiger partial charge >= 0.3 is 6.18 Å². The molecule has 1 aromatic rings. The number of nitrogens with one attached hydrogen (secondary N) is 2. The number of amides is 1. The zero-order valence-electron chi connectivity index (χ0n) is 12.1. The molecule has 0 radical (unpaired) electrons. The second-order valence-corrected chi connectivity index (χ2v) is 5.61. The Morgan fingerprint density at radius 1 is 1.33 bits per heavy atom. The van der Waals surface area contributed by atoms with E-state index in [9.17, 15) is 18.0 Å². The van der Waals surface area contributed by atoms with Crippen molar-refractivity contribution < 1.29 is 18.0 Å². The van der Waals surface area contributed by atoms with E-state index < -0.39 is 23.5 Å². The maximum atomic E-state index is 13.3. The molecule has 1 aliphatic rings. The molecule has 0 bridgehead atoms. The summed E-state index contributed by atoms with van der Waals surface area (Å²) in [6.07, 6.45) is -4.77. The molecule has 0 spiro atoms. The summed E-state index contributed by atoms with van der Waals surface area (Å²) in [6, 6.07) is 6.90. The lowest BCUT2D eigenvalue weighted by Crippen LogP contribution is -2.52. The first-order valence-corrected chi connectivity index (χ1v) is 6.91. The quantitative estimate of drug-likeness (QED) is 0.901. The van der Waals surface area contributed by atoms with Gasteiger partial charge in [-0.15, -0.1) is 0 Å². The van der Waals surface area contributed by atoms with Crippen LogP contribution in [0.25, 0.3) is 0 Å². The van der Waals surface area contributed by atoms with E-state index in [1.165, 1.54) is 0 Å². The molecule has 2 rings (SSSR count). The van der Waals surface area contributed by atoms with Crippen LogP contribution >= 0.6 is 0 Å². The fourth-order valence-corrected chi connectivity index (χ4v) is 2.53. The summed E-state index contributed by atoms with van der Waals surface area (Å²) >= 11 is 0. The van der Waals surface area contributed by atoms with Crippen LogP contribution in [0.4, 0.5) is 13.2 Å². The normalized spacial score (nSPS) is 23.9. The molecule has 1 aliphatic heterocycles. The first-order valence-electron chi connectivity index (χ1n) is 6.91. The van der Waals surface area contributed by atoms with E-state index in [0.29, 0.717) is 0 Å². The number of rotatable bonds is 3. The molecule has 2 atom stereocenters. The minimum absolute atomic E-state index is 0.200. The van der Waals surface area contributed by atoms with Gasteiger partial charge in [-0.1, -0.05) is 29.8 Å². The fourth-order valence-electron chi connectivity index (χ4n) is 2.53. The molecule has 0 aromatic heterocycles. The smallest absolute Gasteiger partial charge is 0.349 e. The van der Waals surface area contributed by atoms with Crippen molar-refractivity contribution in [3.63, 3.8) is 0 Å². The number of hydrogen-bond acceptors (Lipinski definition) is 2. The summed E-state index contributed by atoms with van der Waals surface area (Å²) in [4.78, 5) is 12.2. The average molecular weight is 300 g/mol. The number of carbonyl (C=O) groups excluding carboxylic acids is 1. The number of benzene rings is 1. The highest BCUT2D eigenvalue weighted by Crippen LogP contribution is 2.43. The number of carbonyl (C=O) groups is 1. The highest BCUT2D eigenvalue weighted by molar-refractivity contribution is 5.84. The summed E-state index contributed by atoms with van der Waals surface area (Å²) in [5, 5.41) is 5.15. The van der Waals surface area contributed by atoms with Gasteiger partial charge < -0.3 is 10.6 Å². The minimum atomic E-state index is -4.55. The van der Waals surface area contributed by atoms with Gasteiger partial charge in [-0.3, -0.25) is 4.79 Å². The SMILES string of the molecule is Cc1ccc(C(C)NC(=O)C2(C(F)(F)F)CCNC2)cc1. The van der Waals surface area contributed by atoms with Gasteiger partial charge in [0.1, 0.15) is 0 Å². The molecule has 3 nitrogen and oxygen atoms in total. The molecule has 116 valence electrons. The van der Waals surface area contributed by atoms with E-state index in [4.69, 9.17) is 0 Å². The van der Waals surface area contributed by atoms with Crippen molar-refractivity contribution in [2.75, 3.05) is 13.1 Å². The first kappa shape index (κ1) is 15.8. The molecule has 0 saturated carbocycles. The van der Waals surface area contributed by atoms with E-state index >= 15 is 0 Å². The van der Waals surface area contributed by atoms with Gasteiger partial charge in [0.2, 0.25) is 5.91 Å². The Morgan fingerprint density at radius 2 is 1.95 bits per heavy atom. The van der Waals surface area contributed by atoms with Gasteiger partial charge in [0.05, 0.1) is 6.04 Å². The molecular formula is C15H19F3N2O. The third-order valence-electron chi connectivity index (χ3n) is 4.06. The molecule has 6 heteroatoms. The van der Waals surface area contributed by atoms with Crippen LogP contribution in [0, 0.1) is 12.3 Å². The summed E-state index contributed by atoms with van der Waals surface area (Å²) in [5.74, 6) is -0.951. The zero-order valence-corrected chi connectivity index (χ0v) is 12.1. The largest absolute Gasteiger partial charge is 0.404 e. The molecule has 1 aromatic carbocycles. The summed E-state index contributed by atoms with van der Waals surface area (Å²) in [6.45, 7) is 3.46. The van der Waals surface area contributed by atoms with Crippen molar-refractivity contribution in [3.05, 3.63) is 35.4 Å². The Morgan fingerprint density at radius 3 is 2.43 bits per heavy atom. The molecule has 1 heterocycles. The number of aryl methyl sites for hydroxylation is 1. The third kappa shape index (κ3) is 3.05. The lowest BCUT2D eigenvalue weighted by molar-refractivity contribution is -0.216. The number of halogens is 3. The lowest BCUT2D eigenvalue weighted by Gasteiger charge is -2.31. The standard InChI is InChI=1S/C15H19F3N2O/c1-10-3-5-12(6-4-10)11(2)20-13(21)14(15(16,17)18)7-8-19-9-14/h3-6,11,19H,7-9H2,1-2H3,(H,20,21). The van der Waals surface area contributed by atoms with E-state index in [1.54, 1.807) is 6.92 Å². The Hall–Kier alpha value is -1.56. The maximum Gasteiger partial charge on any atom is 0.404 e. The van der Waals surface area contributed by atoms with Gasteiger partial charge in [0, 0.05) is 6.54 Å². The van der Waals surface area contributed by atoms with Crippen molar-refractivity contribution in [1.82, 2.24) is 10.6 Å². The Bertz CT molecular complexity index is 505. The first-order chi connectivity index (χ1) is 9.76. The molecule has 1 saturated heterocycles. The Kier molecular flexibility index (Phi) is 4.27. The zero-order chi connectivity index (χ0) is 15.7. The van der Waals surface area contributed by atoms with Crippen LogP contribution in [0.5, 0.6) is 0 Å². The fraction of sp³-hybridized carbons (Fsp3) is 0.533. The van der Waals surface area contributed by atoms with Crippen LogP contribution in [-0.2, 0) is 4.79 Å². The van der Waals surface area contributed by atoms with Gasteiger partial charge in [-0.25, -0.2) is 0 Å². The van der Waals surface area contributed by atoms with Crippen LogP contribution in [0.3, 0.4) is 0 Å². The van der Waals surface area contributed by atoms with Crippen LogP contribution in [0.2, 0.25) is 0 Å². The van der Waals surface area contributed by atoms with Crippen LogP contribution in [0.1, 0.15) is 30.5 Å². The number of hydrogen-bond donors (Lipinski definition) is 2. The van der Waals surface area contributed by atoms with E-state index in [0.717, 1.165) is 11.1 Å². The van der Waals surface area contributed by atoms with Crippen molar-refractivity contribution in [3.8, 4) is 0 Å². The number of alkyl halides is 3. The van der Waals surface area contributed by atoms with E-state index in [-0.39, 0.29) is 19.5 Å². The highest BCUT2D eigenvalue weighted by atomic mass is 19.4.